The topological polar surface area (TPSA) is 109 Å². The number of hydrogen-bond donors (Lipinski definition) is 2. The maximum Gasteiger partial charge on any atom is 0.300 e. The van der Waals surface area contributed by atoms with Crippen LogP contribution >= 0.6 is 11.6 Å². The van der Waals surface area contributed by atoms with E-state index in [0.717, 1.165) is 0 Å². The molecule has 2 heterocycles. The number of aromatic nitrogens is 1. The average molecular weight is 478 g/mol. The number of rotatable bonds is 5. The molecule has 9 heteroatoms. The number of benzene rings is 2. The van der Waals surface area contributed by atoms with Crippen LogP contribution in [0.15, 0.2) is 72.6 Å². The van der Waals surface area contributed by atoms with E-state index in [1.54, 1.807) is 54.9 Å². The van der Waals surface area contributed by atoms with Gasteiger partial charge in [0, 0.05) is 36.3 Å². The smallest absolute Gasteiger partial charge is 0.300 e. The SMILES string of the molecule is COc1cc(/C(O)=C2/C(=O)C(=O)N(c3ccc(NC(C)=O)cc3)C2c2ccncc2)ccc1Cl. The van der Waals surface area contributed by atoms with Gasteiger partial charge in [0.15, 0.2) is 0 Å². The van der Waals surface area contributed by atoms with Gasteiger partial charge < -0.3 is 15.2 Å². The summed E-state index contributed by atoms with van der Waals surface area (Å²) in [7, 11) is 1.44. The van der Waals surface area contributed by atoms with Crippen LogP contribution in [0.25, 0.3) is 5.76 Å². The number of halogens is 1. The molecule has 4 rings (SSSR count). The first-order chi connectivity index (χ1) is 16.3. The van der Waals surface area contributed by atoms with Crippen LogP contribution in [0.2, 0.25) is 5.02 Å². The number of ketones is 1. The number of nitrogens with zero attached hydrogens (tertiary/aromatic N) is 2. The summed E-state index contributed by atoms with van der Waals surface area (Å²) >= 11 is 6.10. The fourth-order valence-corrected chi connectivity index (χ4v) is 4.03. The van der Waals surface area contributed by atoms with Gasteiger partial charge in [0.25, 0.3) is 11.7 Å². The molecule has 1 unspecified atom stereocenters. The number of nitrogens with one attached hydrogen (secondary N) is 1. The highest BCUT2D eigenvalue weighted by atomic mass is 35.5. The molecule has 0 radical (unpaired) electrons. The van der Waals surface area contributed by atoms with Gasteiger partial charge in [-0.25, -0.2) is 0 Å². The lowest BCUT2D eigenvalue weighted by molar-refractivity contribution is -0.132. The number of pyridine rings is 1. The van der Waals surface area contributed by atoms with Crippen LogP contribution in [0.3, 0.4) is 0 Å². The molecule has 1 aliphatic heterocycles. The Labute approximate surface area is 200 Å². The van der Waals surface area contributed by atoms with E-state index in [9.17, 15) is 19.5 Å². The predicted octanol–water partition coefficient (Wildman–Crippen LogP) is 4.33. The molecule has 2 aromatic carbocycles. The molecule has 0 spiro atoms. The fourth-order valence-electron chi connectivity index (χ4n) is 3.83. The van der Waals surface area contributed by atoms with Crippen molar-refractivity contribution in [3.8, 4) is 5.75 Å². The number of ether oxygens (including phenoxy) is 1. The van der Waals surface area contributed by atoms with E-state index < -0.39 is 17.7 Å². The van der Waals surface area contributed by atoms with Gasteiger partial charge in [-0.15, -0.1) is 0 Å². The fraction of sp³-hybridized carbons (Fsp3) is 0.120. The van der Waals surface area contributed by atoms with Crippen molar-refractivity contribution in [2.24, 2.45) is 0 Å². The molecule has 34 heavy (non-hydrogen) atoms. The summed E-state index contributed by atoms with van der Waals surface area (Å²) in [5.74, 6) is -1.90. The van der Waals surface area contributed by atoms with Crippen molar-refractivity contribution in [2.45, 2.75) is 13.0 Å². The standard InChI is InChI=1S/C25H20ClN3O5/c1-14(30)28-17-4-6-18(7-5-17)29-22(15-9-11-27-12-10-15)21(24(32)25(29)33)23(31)16-3-8-19(26)20(13-16)34-2/h3-13,22,31H,1-2H3,(H,28,30)/b23-21-. The number of Topliss-reactive ketones (excluding diaryl/α,β-unsaturated/α-hetero) is 1. The van der Waals surface area contributed by atoms with E-state index in [-0.39, 0.29) is 22.8 Å². The van der Waals surface area contributed by atoms with Crippen LogP contribution < -0.4 is 15.0 Å². The van der Waals surface area contributed by atoms with Crippen LogP contribution in [0, 0.1) is 0 Å². The minimum atomic E-state index is -0.906. The Morgan fingerprint density at radius 3 is 2.38 bits per heavy atom. The van der Waals surface area contributed by atoms with E-state index in [1.807, 2.05) is 0 Å². The molecular formula is C25H20ClN3O5. The van der Waals surface area contributed by atoms with Crippen molar-refractivity contribution in [1.82, 2.24) is 4.98 Å². The van der Waals surface area contributed by atoms with Crippen LogP contribution in [-0.4, -0.2) is 34.8 Å². The second kappa shape index (κ2) is 9.36. The van der Waals surface area contributed by atoms with Crippen LogP contribution in [0.4, 0.5) is 11.4 Å². The Hall–Kier alpha value is -4.17. The number of methoxy groups -OCH3 is 1. The summed E-state index contributed by atoms with van der Waals surface area (Å²) in [6.45, 7) is 1.39. The highest BCUT2D eigenvalue weighted by Gasteiger charge is 2.47. The van der Waals surface area contributed by atoms with E-state index in [1.165, 1.54) is 31.1 Å². The lowest BCUT2D eigenvalue weighted by Gasteiger charge is -2.25. The zero-order chi connectivity index (χ0) is 24.4. The minimum Gasteiger partial charge on any atom is -0.507 e. The number of amides is 2. The van der Waals surface area contributed by atoms with Gasteiger partial charge >= 0.3 is 0 Å². The Morgan fingerprint density at radius 2 is 1.76 bits per heavy atom. The summed E-state index contributed by atoms with van der Waals surface area (Å²) in [5, 5.41) is 14.2. The van der Waals surface area contributed by atoms with E-state index in [4.69, 9.17) is 16.3 Å². The largest absolute Gasteiger partial charge is 0.507 e. The van der Waals surface area contributed by atoms with Crippen LogP contribution in [0.5, 0.6) is 5.75 Å². The van der Waals surface area contributed by atoms with Gasteiger partial charge in [-0.05, 0) is 60.2 Å². The summed E-state index contributed by atoms with van der Waals surface area (Å²) in [5.41, 5.74) is 1.75. The minimum absolute atomic E-state index is 0.0773. The highest BCUT2D eigenvalue weighted by molar-refractivity contribution is 6.51. The van der Waals surface area contributed by atoms with Crippen molar-refractivity contribution >= 4 is 46.3 Å². The average Bonchev–Trinajstić information content (AvgIpc) is 3.10. The number of hydrogen-bond acceptors (Lipinski definition) is 6. The van der Waals surface area contributed by atoms with E-state index in [0.29, 0.717) is 27.7 Å². The van der Waals surface area contributed by atoms with Crippen LogP contribution in [0.1, 0.15) is 24.1 Å². The molecule has 2 N–H and O–H groups in total. The lowest BCUT2D eigenvalue weighted by atomic mass is 9.95. The van der Waals surface area contributed by atoms with Crippen molar-refractivity contribution < 1.29 is 24.2 Å². The summed E-state index contributed by atoms with van der Waals surface area (Å²) in [4.78, 5) is 43.0. The Morgan fingerprint density at radius 1 is 1.09 bits per heavy atom. The van der Waals surface area contributed by atoms with Crippen molar-refractivity contribution in [1.29, 1.82) is 0 Å². The molecule has 1 atom stereocenters. The zero-order valence-corrected chi connectivity index (χ0v) is 19.0. The third-order valence-corrected chi connectivity index (χ3v) is 5.67. The van der Waals surface area contributed by atoms with Gasteiger partial charge in [0.2, 0.25) is 5.91 Å². The van der Waals surface area contributed by atoms with Crippen molar-refractivity contribution in [3.05, 3.63) is 88.7 Å². The molecule has 0 bridgehead atoms. The second-order valence-corrected chi connectivity index (χ2v) is 7.93. The quantitative estimate of drug-likeness (QED) is 0.321. The first-order valence-corrected chi connectivity index (χ1v) is 10.6. The monoisotopic (exact) mass is 477 g/mol. The number of aliphatic hydroxyl groups is 1. The number of carbonyl (C=O) groups excluding carboxylic acids is 3. The molecule has 1 fully saturated rings. The summed E-state index contributed by atoms with van der Waals surface area (Å²) < 4.78 is 5.22. The Balaban J connectivity index is 1.87. The normalized spacial score (nSPS) is 17.0. The molecule has 1 aliphatic rings. The van der Waals surface area contributed by atoms with Crippen LogP contribution in [-0.2, 0) is 14.4 Å². The lowest BCUT2D eigenvalue weighted by Crippen LogP contribution is -2.29. The van der Waals surface area contributed by atoms with Gasteiger partial charge in [0.05, 0.1) is 23.7 Å². The maximum absolute atomic E-state index is 13.2. The molecule has 3 aromatic rings. The van der Waals surface area contributed by atoms with Crippen molar-refractivity contribution in [2.75, 3.05) is 17.3 Å². The van der Waals surface area contributed by atoms with Gasteiger partial charge in [0.1, 0.15) is 11.5 Å². The van der Waals surface area contributed by atoms with E-state index >= 15 is 0 Å². The Kier molecular flexibility index (Phi) is 6.34. The summed E-state index contributed by atoms with van der Waals surface area (Å²) in [6.07, 6.45) is 3.08. The Bertz CT molecular complexity index is 1310. The summed E-state index contributed by atoms with van der Waals surface area (Å²) in [6, 6.07) is 13.5. The van der Waals surface area contributed by atoms with Gasteiger partial charge in [-0.1, -0.05) is 11.6 Å². The zero-order valence-electron chi connectivity index (χ0n) is 18.3. The molecule has 1 saturated heterocycles. The highest BCUT2D eigenvalue weighted by Crippen LogP contribution is 2.42. The maximum atomic E-state index is 13.2. The van der Waals surface area contributed by atoms with Crippen molar-refractivity contribution in [3.63, 3.8) is 0 Å². The molecule has 172 valence electrons. The van der Waals surface area contributed by atoms with Gasteiger partial charge in [-0.2, -0.15) is 0 Å². The molecular weight excluding hydrogens is 458 g/mol. The third kappa shape index (κ3) is 4.23. The first kappa shape index (κ1) is 23.0. The molecule has 0 saturated carbocycles. The predicted molar refractivity (Wildman–Crippen MR) is 128 cm³/mol. The van der Waals surface area contributed by atoms with Gasteiger partial charge in [-0.3, -0.25) is 24.3 Å². The number of anilines is 2. The molecule has 2 amide bonds. The third-order valence-electron chi connectivity index (χ3n) is 5.36. The number of carbonyl (C=O) groups is 3. The number of aliphatic hydroxyl groups excluding tert-OH is 1. The first-order valence-electron chi connectivity index (χ1n) is 10.2. The molecule has 8 nitrogen and oxygen atoms in total. The second-order valence-electron chi connectivity index (χ2n) is 7.53. The molecule has 1 aromatic heterocycles. The van der Waals surface area contributed by atoms with E-state index in [2.05, 4.69) is 10.3 Å². The molecule has 0 aliphatic carbocycles.